The highest BCUT2D eigenvalue weighted by Gasteiger charge is 2.28. The summed E-state index contributed by atoms with van der Waals surface area (Å²) < 4.78 is 22.9. The van der Waals surface area contributed by atoms with Crippen molar-refractivity contribution in [2.75, 3.05) is 0 Å². The van der Waals surface area contributed by atoms with Crippen molar-refractivity contribution in [1.82, 2.24) is 4.98 Å². The number of aromatic nitrogens is 1. The standard InChI is InChI=1S/C10H15NO2S/c1-10(2,3)14(12,13)8-9-4-6-11-7-5-9/h4-7H,8H2,1-3H3. The van der Waals surface area contributed by atoms with E-state index in [-0.39, 0.29) is 5.75 Å². The van der Waals surface area contributed by atoms with E-state index < -0.39 is 14.6 Å². The highest BCUT2D eigenvalue weighted by atomic mass is 32.2. The van der Waals surface area contributed by atoms with Gasteiger partial charge in [-0.25, -0.2) is 8.42 Å². The summed E-state index contributed by atoms with van der Waals surface area (Å²) in [6.07, 6.45) is 3.21. The maximum atomic E-state index is 11.8. The van der Waals surface area contributed by atoms with E-state index in [1.54, 1.807) is 45.3 Å². The summed E-state index contributed by atoms with van der Waals surface area (Å²) in [5, 5.41) is 0. The quantitative estimate of drug-likeness (QED) is 0.752. The smallest absolute Gasteiger partial charge is 0.159 e. The first-order valence-electron chi connectivity index (χ1n) is 4.44. The maximum absolute atomic E-state index is 11.8. The number of nitrogens with zero attached hydrogens (tertiary/aromatic N) is 1. The number of sulfone groups is 1. The minimum absolute atomic E-state index is 0.0824. The summed E-state index contributed by atoms with van der Waals surface area (Å²) >= 11 is 0. The topological polar surface area (TPSA) is 47.0 Å². The molecule has 0 spiro atoms. The van der Waals surface area contributed by atoms with Gasteiger partial charge >= 0.3 is 0 Å². The summed E-state index contributed by atoms with van der Waals surface area (Å²) in [5.41, 5.74) is 0.787. The second-order valence-corrected chi connectivity index (χ2v) is 6.97. The molecule has 0 saturated carbocycles. The molecule has 0 atom stereocenters. The molecule has 1 aromatic heterocycles. The van der Waals surface area contributed by atoms with Gasteiger partial charge in [0, 0.05) is 12.4 Å². The second-order valence-electron chi connectivity index (χ2n) is 4.23. The average Bonchev–Trinajstić information content (AvgIpc) is 2.03. The first-order chi connectivity index (χ1) is 6.33. The molecule has 0 aliphatic heterocycles. The molecule has 0 unspecified atom stereocenters. The predicted molar refractivity (Wildman–Crippen MR) is 56.6 cm³/mol. The molecular formula is C10H15NO2S. The van der Waals surface area contributed by atoms with Crippen LogP contribution in [-0.4, -0.2) is 18.1 Å². The zero-order chi connectivity index (χ0) is 10.8. The number of hydrogen-bond acceptors (Lipinski definition) is 3. The van der Waals surface area contributed by atoms with Gasteiger partial charge in [0.25, 0.3) is 0 Å². The van der Waals surface area contributed by atoms with Crippen molar-refractivity contribution in [2.24, 2.45) is 0 Å². The van der Waals surface area contributed by atoms with Gasteiger partial charge < -0.3 is 0 Å². The second kappa shape index (κ2) is 3.69. The zero-order valence-electron chi connectivity index (χ0n) is 8.69. The SMILES string of the molecule is CC(C)(C)S(=O)(=O)Cc1ccncc1. The monoisotopic (exact) mass is 213 g/mol. The van der Waals surface area contributed by atoms with E-state index in [0.29, 0.717) is 0 Å². The molecule has 1 heterocycles. The van der Waals surface area contributed by atoms with E-state index in [1.807, 2.05) is 0 Å². The van der Waals surface area contributed by atoms with Gasteiger partial charge in [-0.15, -0.1) is 0 Å². The summed E-state index contributed by atoms with van der Waals surface area (Å²) in [7, 11) is -3.08. The Hall–Kier alpha value is -0.900. The first kappa shape index (κ1) is 11.2. The fraction of sp³-hybridized carbons (Fsp3) is 0.500. The van der Waals surface area contributed by atoms with Gasteiger partial charge in [0.2, 0.25) is 0 Å². The van der Waals surface area contributed by atoms with Crippen molar-refractivity contribution in [1.29, 1.82) is 0 Å². The van der Waals surface area contributed by atoms with Crippen molar-refractivity contribution >= 4 is 9.84 Å². The minimum Gasteiger partial charge on any atom is -0.265 e. The molecule has 0 saturated heterocycles. The van der Waals surface area contributed by atoms with E-state index in [1.165, 1.54) is 0 Å². The van der Waals surface area contributed by atoms with E-state index >= 15 is 0 Å². The lowest BCUT2D eigenvalue weighted by atomic mass is 10.3. The normalized spacial score (nSPS) is 12.8. The van der Waals surface area contributed by atoms with Gasteiger partial charge in [-0.1, -0.05) is 0 Å². The van der Waals surface area contributed by atoms with Crippen LogP contribution in [0.4, 0.5) is 0 Å². The van der Waals surface area contributed by atoms with Gasteiger partial charge in [0.1, 0.15) is 0 Å². The third kappa shape index (κ3) is 2.54. The lowest BCUT2D eigenvalue weighted by Crippen LogP contribution is -2.29. The van der Waals surface area contributed by atoms with Crippen LogP contribution in [-0.2, 0) is 15.6 Å². The van der Waals surface area contributed by atoms with Gasteiger partial charge in [-0.05, 0) is 38.5 Å². The summed E-state index contributed by atoms with van der Waals surface area (Å²) in [6.45, 7) is 5.14. The fourth-order valence-electron chi connectivity index (χ4n) is 0.915. The van der Waals surface area contributed by atoms with Crippen molar-refractivity contribution in [3.63, 3.8) is 0 Å². The molecule has 1 aromatic rings. The van der Waals surface area contributed by atoms with Gasteiger partial charge in [-0.2, -0.15) is 0 Å². The molecule has 0 radical (unpaired) electrons. The highest BCUT2D eigenvalue weighted by molar-refractivity contribution is 7.91. The summed E-state index contributed by atoms with van der Waals surface area (Å²) in [6, 6.07) is 3.45. The molecule has 0 amide bonds. The van der Waals surface area contributed by atoms with E-state index in [2.05, 4.69) is 4.98 Å². The molecule has 4 heteroatoms. The Morgan fingerprint density at radius 2 is 1.71 bits per heavy atom. The molecule has 0 aliphatic rings. The van der Waals surface area contributed by atoms with Crippen LogP contribution in [0, 0.1) is 0 Å². The Morgan fingerprint density at radius 1 is 1.21 bits per heavy atom. The molecule has 0 bridgehead atoms. The molecule has 78 valence electrons. The van der Waals surface area contributed by atoms with Crippen LogP contribution in [0.1, 0.15) is 26.3 Å². The number of rotatable bonds is 2. The largest absolute Gasteiger partial charge is 0.265 e. The van der Waals surface area contributed by atoms with Gasteiger partial charge in [0.05, 0.1) is 10.5 Å². The third-order valence-electron chi connectivity index (χ3n) is 2.04. The highest BCUT2D eigenvalue weighted by Crippen LogP contribution is 2.19. The lowest BCUT2D eigenvalue weighted by molar-refractivity contribution is 0.559. The molecule has 14 heavy (non-hydrogen) atoms. The third-order valence-corrected chi connectivity index (χ3v) is 4.62. The Labute approximate surface area is 85.1 Å². The van der Waals surface area contributed by atoms with Crippen LogP contribution in [0.25, 0.3) is 0 Å². The van der Waals surface area contributed by atoms with E-state index in [4.69, 9.17) is 0 Å². The van der Waals surface area contributed by atoms with Crippen molar-refractivity contribution in [3.05, 3.63) is 30.1 Å². The van der Waals surface area contributed by atoms with Crippen molar-refractivity contribution in [2.45, 2.75) is 31.3 Å². The molecular weight excluding hydrogens is 198 g/mol. The molecule has 0 N–H and O–H groups in total. The molecule has 3 nitrogen and oxygen atoms in total. The van der Waals surface area contributed by atoms with Gasteiger partial charge in [-0.3, -0.25) is 4.98 Å². The van der Waals surface area contributed by atoms with Crippen LogP contribution in [0.3, 0.4) is 0 Å². The van der Waals surface area contributed by atoms with Crippen LogP contribution in [0.5, 0.6) is 0 Å². The summed E-state index contributed by atoms with van der Waals surface area (Å²) in [4.78, 5) is 3.84. The first-order valence-corrected chi connectivity index (χ1v) is 6.09. The average molecular weight is 213 g/mol. The predicted octanol–water partition coefficient (Wildman–Crippen LogP) is 1.79. The van der Waals surface area contributed by atoms with Crippen LogP contribution < -0.4 is 0 Å². The lowest BCUT2D eigenvalue weighted by Gasteiger charge is -2.18. The Bertz CT molecular complexity index is 390. The molecule has 0 aromatic carbocycles. The number of pyridine rings is 1. The summed E-state index contributed by atoms with van der Waals surface area (Å²) in [5.74, 6) is 0.0824. The van der Waals surface area contributed by atoms with E-state index in [0.717, 1.165) is 5.56 Å². The number of hydrogen-bond donors (Lipinski definition) is 0. The van der Waals surface area contributed by atoms with E-state index in [9.17, 15) is 8.42 Å². The molecule has 1 rings (SSSR count). The van der Waals surface area contributed by atoms with Crippen LogP contribution in [0.2, 0.25) is 0 Å². The Kier molecular flexibility index (Phi) is 2.95. The van der Waals surface area contributed by atoms with Crippen molar-refractivity contribution < 1.29 is 8.42 Å². The maximum Gasteiger partial charge on any atom is 0.159 e. The zero-order valence-corrected chi connectivity index (χ0v) is 9.50. The fourth-order valence-corrected chi connectivity index (χ4v) is 1.98. The molecule has 0 fully saturated rings. The Morgan fingerprint density at radius 3 is 2.14 bits per heavy atom. The van der Waals surface area contributed by atoms with Gasteiger partial charge in [0.15, 0.2) is 9.84 Å². The minimum atomic E-state index is -3.08. The Balaban J connectivity index is 2.91. The van der Waals surface area contributed by atoms with Crippen LogP contribution in [0.15, 0.2) is 24.5 Å². The van der Waals surface area contributed by atoms with Crippen LogP contribution >= 0.6 is 0 Å². The van der Waals surface area contributed by atoms with Crippen molar-refractivity contribution in [3.8, 4) is 0 Å². The molecule has 0 aliphatic carbocycles.